The second-order valence-electron chi connectivity index (χ2n) is 6.63. The van der Waals surface area contributed by atoms with Crippen molar-refractivity contribution in [2.24, 2.45) is 22.6 Å². The highest BCUT2D eigenvalue weighted by atomic mass is 16.5. The molecule has 29 heavy (non-hydrogen) atoms. The summed E-state index contributed by atoms with van der Waals surface area (Å²) < 4.78 is 5.64. The molecule has 0 radical (unpaired) electrons. The number of nitrogens with one attached hydrogen (secondary N) is 2. The van der Waals surface area contributed by atoms with Gasteiger partial charge in [0.25, 0.3) is 0 Å². The van der Waals surface area contributed by atoms with Crippen LogP contribution in [0.25, 0.3) is 0 Å². The van der Waals surface area contributed by atoms with Gasteiger partial charge in [-0.05, 0) is 12.1 Å². The fourth-order valence-electron chi connectivity index (χ4n) is 3.55. The van der Waals surface area contributed by atoms with Crippen molar-refractivity contribution in [1.82, 2.24) is 10.2 Å². The molecule has 0 bridgehead atoms. The summed E-state index contributed by atoms with van der Waals surface area (Å²) in [5, 5.41) is 5.00. The highest BCUT2D eigenvalue weighted by molar-refractivity contribution is 6.06. The zero-order valence-corrected chi connectivity index (χ0v) is 15.8. The maximum absolute atomic E-state index is 12.7. The topological polar surface area (TPSA) is 126 Å². The van der Waals surface area contributed by atoms with Crippen molar-refractivity contribution in [3.8, 4) is 0 Å². The number of ether oxygens (including phenoxy) is 1. The molecule has 2 heterocycles. The van der Waals surface area contributed by atoms with Gasteiger partial charge in [0.15, 0.2) is 5.96 Å². The van der Waals surface area contributed by atoms with E-state index in [1.165, 1.54) is 12.2 Å². The number of likely N-dealkylation sites (tertiary alicyclic amines) is 1. The number of para-hydroxylation sites is 1. The Morgan fingerprint density at radius 1 is 1.14 bits per heavy atom. The number of nitrogens with zero attached hydrogens (tertiary/aromatic N) is 2. The zero-order valence-electron chi connectivity index (χ0n) is 15.8. The Labute approximate surface area is 168 Å². The highest BCUT2D eigenvalue weighted by Crippen LogP contribution is 2.41. The number of hydrogen-bond acceptors (Lipinski definition) is 5. The number of guanidine groups is 1. The number of nitrogens with two attached hydrogens (primary N) is 1. The number of carbonyl (C=O) groups is 3. The molecule has 1 aromatic rings. The number of anilines is 1. The van der Waals surface area contributed by atoms with Crippen LogP contribution in [0.2, 0.25) is 0 Å². The van der Waals surface area contributed by atoms with Gasteiger partial charge in [-0.15, -0.1) is 13.2 Å². The standard InChI is InChI=1S/C20H23N5O4/c1-3-13-15-16(14(4-2)29-13)18(27)25(17(15)26)11-10-22-19(21)24-20(28)23-12-8-6-5-7-9-12/h3-9,13-16H,1-2,10-11H2,(H4,21,22,23,24,28). The molecule has 0 spiro atoms. The van der Waals surface area contributed by atoms with Crippen molar-refractivity contribution in [2.75, 3.05) is 18.4 Å². The Balaban J connectivity index is 1.55. The van der Waals surface area contributed by atoms with E-state index < -0.39 is 30.1 Å². The molecule has 2 aliphatic heterocycles. The molecule has 4 atom stereocenters. The molecule has 2 aliphatic rings. The van der Waals surface area contributed by atoms with E-state index in [1.807, 2.05) is 6.07 Å². The first-order valence-electron chi connectivity index (χ1n) is 9.15. The van der Waals surface area contributed by atoms with Crippen LogP contribution in [0.1, 0.15) is 0 Å². The summed E-state index contributed by atoms with van der Waals surface area (Å²) in [6, 6.07) is 8.31. The molecule has 9 nitrogen and oxygen atoms in total. The Morgan fingerprint density at radius 3 is 2.28 bits per heavy atom. The van der Waals surface area contributed by atoms with Crippen molar-refractivity contribution in [3.63, 3.8) is 0 Å². The minimum absolute atomic E-state index is 0.0566. The molecule has 2 saturated heterocycles. The average Bonchev–Trinajstić information content (AvgIpc) is 3.20. The minimum atomic E-state index is -0.598. The Bertz CT molecular complexity index is 822. The summed E-state index contributed by atoms with van der Waals surface area (Å²) in [5.41, 5.74) is 6.31. The third-order valence-electron chi connectivity index (χ3n) is 4.86. The van der Waals surface area contributed by atoms with E-state index in [2.05, 4.69) is 28.8 Å². The third-order valence-corrected chi connectivity index (χ3v) is 4.86. The van der Waals surface area contributed by atoms with Gasteiger partial charge in [-0.1, -0.05) is 30.4 Å². The predicted octanol–water partition coefficient (Wildman–Crippen LogP) is 0.863. The first-order valence-corrected chi connectivity index (χ1v) is 9.15. The minimum Gasteiger partial charge on any atom is -0.370 e. The summed E-state index contributed by atoms with van der Waals surface area (Å²) in [5.74, 6) is -1.96. The van der Waals surface area contributed by atoms with Gasteiger partial charge in [-0.2, -0.15) is 0 Å². The van der Waals surface area contributed by atoms with Gasteiger partial charge in [0.05, 0.1) is 30.6 Å². The highest BCUT2D eigenvalue weighted by Gasteiger charge is 2.58. The third kappa shape index (κ3) is 4.19. The number of aliphatic imine (C=N–C) groups is 1. The SMILES string of the molecule is C=CC1OC(C=C)C2C(=O)N(CCN=C(N)NC(=O)Nc3ccccc3)C(=O)C12. The normalized spacial score (nSPS) is 26.2. The van der Waals surface area contributed by atoms with Gasteiger partial charge in [-0.3, -0.25) is 24.8 Å². The molecule has 152 valence electrons. The lowest BCUT2D eigenvalue weighted by Gasteiger charge is -2.18. The van der Waals surface area contributed by atoms with Gasteiger partial charge < -0.3 is 15.8 Å². The van der Waals surface area contributed by atoms with Crippen LogP contribution in [0, 0.1) is 11.8 Å². The van der Waals surface area contributed by atoms with E-state index in [0.29, 0.717) is 5.69 Å². The predicted molar refractivity (Wildman–Crippen MR) is 108 cm³/mol. The van der Waals surface area contributed by atoms with Crippen LogP contribution in [0.4, 0.5) is 10.5 Å². The second-order valence-corrected chi connectivity index (χ2v) is 6.63. The second kappa shape index (κ2) is 8.70. The molecule has 4 N–H and O–H groups in total. The van der Waals surface area contributed by atoms with E-state index in [1.54, 1.807) is 24.3 Å². The molecule has 0 aromatic heterocycles. The van der Waals surface area contributed by atoms with Crippen molar-refractivity contribution < 1.29 is 19.1 Å². The quantitative estimate of drug-likeness (QED) is 0.284. The summed E-state index contributed by atoms with van der Waals surface area (Å²) in [4.78, 5) is 42.4. The number of hydrogen-bond donors (Lipinski definition) is 3. The van der Waals surface area contributed by atoms with Crippen LogP contribution in [0.5, 0.6) is 0 Å². The van der Waals surface area contributed by atoms with Crippen LogP contribution >= 0.6 is 0 Å². The van der Waals surface area contributed by atoms with Crippen LogP contribution in [-0.2, 0) is 14.3 Å². The lowest BCUT2D eigenvalue weighted by molar-refractivity contribution is -0.142. The Morgan fingerprint density at radius 2 is 1.72 bits per heavy atom. The Kier molecular flexibility index (Phi) is 6.08. The summed E-state index contributed by atoms with van der Waals surface area (Å²) in [7, 11) is 0. The summed E-state index contributed by atoms with van der Waals surface area (Å²) >= 11 is 0. The number of amides is 4. The van der Waals surface area contributed by atoms with E-state index in [9.17, 15) is 14.4 Å². The molecule has 4 unspecified atom stereocenters. The number of rotatable bonds is 6. The van der Waals surface area contributed by atoms with Crippen molar-refractivity contribution in [2.45, 2.75) is 12.2 Å². The summed E-state index contributed by atoms with van der Waals surface area (Å²) in [6.45, 7) is 7.47. The zero-order chi connectivity index (χ0) is 21.0. The molecule has 3 rings (SSSR count). The van der Waals surface area contributed by atoms with Gasteiger partial charge in [0, 0.05) is 12.2 Å². The first-order chi connectivity index (χ1) is 14.0. The van der Waals surface area contributed by atoms with Gasteiger partial charge >= 0.3 is 6.03 Å². The molecule has 4 amide bonds. The fraction of sp³-hybridized carbons (Fsp3) is 0.300. The van der Waals surface area contributed by atoms with Crippen LogP contribution in [-0.4, -0.2) is 54.0 Å². The van der Waals surface area contributed by atoms with E-state index in [-0.39, 0.29) is 30.9 Å². The smallest absolute Gasteiger partial charge is 0.325 e. The van der Waals surface area contributed by atoms with E-state index >= 15 is 0 Å². The fourth-order valence-corrected chi connectivity index (χ4v) is 3.55. The van der Waals surface area contributed by atoms with Crippen LogP contribution < -0.4 is 16.4 Å². The van der Waals surface area contributed by atoms with E-state index in [0.717, 1.165) is 4.90 Å². The molecule has 9 heteroatoms. The number of urea groups is 1. The van der Waals surface area contributed by atoms with Crippen LogP contribution in [0.15, 0.2) is 60.6 Å². The van der Waals surface area contributed by atoms with Gasteiger partial charge in [-0.25, -0.2) is 4.79 Å². The maximum atomic E-state index is 12.7. The lowest BCUT2D eigenvalue weighted by Crippen LogP contribution is -2.41. The maximum Gasteiger partial charge on any atom is 0.325 e. The molecule has 0 saturated carbocycles. The number of benzene rings is 1. The summed E-state index contributed by atoms with van der Waals surface area (Å²) in [6.07, 6.45) is 2.01. The Hall–Kier alpha value is -3.46. The molecule has 0 aliphatic carbocycles. The molecular formula is C20H23N5O4. The van der Waals surface area contributed by atoms with E-state index in [4.69, 9.17) is 10.5 Å². The van der Waals surface area contributed by atoms with Crippen molar-refractivity contribution >= 4 is 29.5 Å². The number of imide groups is 1. The van der Waals surface area contributed by atoms with Crippen molar-refractivity contribution in [1.29, 1.82) is 0 Å². The number of carbonyl (C=O) groups excluding carboxylic acids is 3. The largest absolute Gasteiger partial charge is 0.370 e. The monoisotopic (exact) mass is 397 g/mol. The lowest BCUT2D eigenvalue weighted by atomic mass is 9.89. The van der Waals surface area contributed by atoms with Crippen LogP contribution in [0.3, 0.4) is 0 Å². The molecule has 1 aromatic carbocycles. The molecule has 2 fully saturated rings. The van der Waals surface area contributed by atoms with Gasteiger partial charge in [0.1, 0.15) is 0 Å². The number of fused-ring (bicyclic) bond motifs is 1. The average molecular weight is 397 g/mol. The van der Waals surface area contributed by atoms with Crippen molar-refractivity contribution in [3.05, 3.63) is 55.6 Å². The molecular weight excluding hydrogens is 374 g/mol. The van der Waals surface area contributed by atoms with Gasteiger partial charge in [0.2, 0.25) is 11.8 Å². The first kappa shape index (κ1) is 20.3.